The molecule has 2 aromatic heterocycles. The molecule has 0 saturated carbocycles. The smallest absolute Gasteiger partial charge is 0.405 e. The lowest BCUT2D eigenvalue weighted by molar-refractivity contribution is 0.193. The summed E-state index contributed by atoms with van der Waals surface area (Å²) in [5, 5.41) is 17.3. The zero-order chi connectivity index (χ0) is 20.2. The van der Waals surface area contributed by atoms with Gasteiger partial charge in [0.2, 0.25) is 0 Å². The number of hydrogen-bond acceptors (Lipinski definition) is 4. The molecule has 0 aliphatic carbocycles. The van der Waals surface area contributed by atoms with Gasteiger partial charge >= 0.3 is 6.09 Å². The van der Waals surface area contributed by atoms with E-state index >= 15 is 0 Å². The Morgan fingerprint density at radius 2 is 1.86 bits per heavy atom. The van der Waals surface area contributed by atoms with E-state index in [0.29, 0.717) is 5.76 Å². The summed E-state index contributed by atoms with van der Waals surface area (Å²) >= 11 is 0. The molecule has 6 nitrogen and oxygen atoms in total. The normalized spacial score (nSPS) is 11.5. The van der Waals surface area contributed by atoms with Gasteiger partial charge in [0, 0.05) is 40.5 Å². The lowest BCUT2D eigenvalue weighted by atomic mass is 10.1. The molecule has 4 aromatic rings. The molecule has 29 heavy (non-hydrogen) atoms. The molecule has 4 rings (SSSR count). The zero-order valence-corrected chi connectivity index (χ0v) is 15.6. The summed E-state index contributed by atoms with van der Waals surface area (Å²) in [5.74, 6) is 6.46. The maximum absolute atomic E-state index is 10.6. The number of carboxylic acid groups (broad SMARTS) is 1. The van der Waals surface area contributed by atoms with Crippen molar-refractivity contribution in [2.24, 2.45) is 0 Å². The Balaban J connectivity index is 1.53. The summed E-state index contributed by atoms with van der Waals surface area (Å²) in [5.41, 5.74) is 3.41. The fourth-order valence-corrected chi connectivity index (χ4v) is 2.92. The maximum Gasteiger partial charge on any atom is 0.405 e. The maximum atomic E-state index is 10.6. The van der Waals surface area contributed by atoms with Crippen LogP contribution in [0.5, 0.6) is 0 Å². The lowest BCUT2D eigenvalue weighted by Gasteiger charge is -2.01. The number of benzene rings is 2. The topological polar surface area (TPSA) is 88.3 Å². The Kier molecular flexibility index (Phi) is 4.95. The van der Waals surface area contributed by atoms with Gasteiger partial charge in [0.1, 0.15) is 5.69 Å². The highest BCUT2D eigenvalue weighted by Gasteiger charge is 2.09. The van der Waals surface area contributed by atoms with Gasteiger partial charge in [-0.3, -0.25) is 4.98 Å². The third-order valence-corrected chi connectivity index (χ3v) is 4.39. The number of pyridine rings is 1. The van der Waals surface area contributed by atoms with Gasteiger partial charge in [0.15, 0.2) is 5.76 Å². The SMILES string of the molecule is C[C@@H](C#Cc1ccc(-c2cc(-c3ccc4cnccc4c3)no2)cc1)NC(=O)O. The zero-order valence-electron chi connectivity index (χ0n) is 15.6. The molecule has 1 atom stereocenters. The minimum atomic E-state index is -1.09. The Bertz CT molecular complexity index is 1230. The molecule has 0 spiro atoms. The van der Waals surface area contributed by atoms with Gasteiger partial charge < -0.3 is 14.9 Å². The predicted molar refractivity (Wildman–Crippen MR) is 110 cm³/mol. The Morgan fingerprint density at radius 1 is 1.07 bits per heavy atom. The molecule has 6 heteroatoms. The van der Waals surface area contributed by atoms with Gasteiger partial charge in [-0.2, -0.15) is 0 Å². The fourth-order valence-electron chi connectivity index (χ4n) is 2.92. The minimum Gasteiger partial charge on any atom is -0.465 e. The third kappa shape index (κ3) is 4.25. The van der Waals surface area contributed by atoms with Crippen molar-refractivity contribution in [2.45, 2.75) is 13.0 Å². The number of nitrogens with zero attached hydrogens (tertiary/aromatic N) is 2. The van der Waals surface area contributed by atoms with Gasteiger partial charge in [0.25, 0.3) is 0 Å². The summed E-state index contributed by atoms with van der Waals surface area (Å²) in [6, 6.07) is 17.0. The highest BCUT2D eigenvalue weighted by Crippen LogP contribution is 2.28. The Hall–Kier alpha value is -4.11. The van der Waals surface area contributed by atoms with Gasteiger partial charge in [-0.1, -0.05) is 29.1 Å². The summed E-state index contributed by atoms with van der Waals surface area (Å²) < 4.78 is 5.53. The first kappa shape index (κ1) is 18.3. The van der Waals surface area contributed by atoms with Crippen LogP contribution in [0.15, 0.2) is 71.5 Å². The monoisotopic (exact) mass is 383 g/mol. The molecule has 0 fully saturated rings. The number of fused-ring (bicyclic) bond motifs is 1. The molecule has 0 radical (unpaired) electrons. The summed E-state index contributed by atoms with van der Waals surface area (Å²) in [7, 11) is 0. The molecule has 2 heterocycles. The van der Waals surface area contributed by atoms with Crippen LogP contribution in [-0.2, 0) is 0 Å². The van der Waals surface area contributed by atoms with Crippen LogP contribution in [-0.4, -0.2) is 27.4 Å². The molecule has 0 aliphatic rings. The highest BCUT2D eigenvalue weighted by molar-refractivity contribution is 5.86. The number of amides is 1. The van der Waals surface area contributed by atoms with Crippen LogP contribution in [0.1, 0.15) is 12.5 Å². The first-order valence-electron chi connectivity index (χ1n) is 9.01. The van der Waals surface area contributed by atoms with Crippen LogP contribution in [0.25, 0.3) is 33.4 Å². The highest BCUT2D eigenvalue weighted by atomic mass is 16.5. The summed E-state index contributed by atoms with van der Waals surface area (Å²) in [6.45, 7) is 1.69. The lowest BCUT2D eigenvalue weighted by Crippen LogP contribution is -2.29. The second-order valence-corrected chi connectivity index (χ2v) is 6.53. The van der Waals surface area contributed by atoms with E-state index in [9.17, 15) is 4.79 Å². The van der Waals surface area contributed by atoms with Crippen LogP contribution >= 0.6 is 0 Å². The van der Waals surface area contributed by atoms with Gasteiger partial charge in [0.05, 0.1) is 6.04 Å². The van der Waals surface area contributed by atoms with E-state index < -0.39 is 12.1 Å². The average molecular weight is 383 g/mol. The predicted octanol–water partition coefficient (Wildman–Crippen LogP) is 4.56. The Labute approximate surface area is 167 Å². The quantitative estimate of drug-likeness (QED) is 0.506. The van der Waals surface area contributed by atoms with Crippen molar-refractivity contribution in [1.29, 1.82) is 0 Å². The van der Waals surface area contributed by atoms with Crippen molar-refractivity contribution in [3.8, 4) is 34.4 Å². The standard InChI is InChI=1S/C23H17N3O3/c1-15(25-23(27)28)2-3-16-4-6-17(7-5-16)22-13-21(26-29-22)19-8-9-20-14-24-11-10-18(20)12-19/h4-15,25H,1H3,(H,27,28)/t15-/m0/s1. The van der Waals surface area contributed by atoms with E-state index in [1.807, 2.05) is 54.7 Å². The van der Waals surface area contributed by atoms with E-state index in [4.69, 9.17) is 9.63 Å². The van der Waals surface area contributed by atoms with Crippen molar-refractivity contribution in [3.05, 3.63) is 72.6 Å². The summed E-state index contributed by atoms with van der Waals surface area (Å²) in [4.78, 5) is 14.7. The van der Waals surface area contributed by atoms with Crippen LogP contribution in [0.4, 0.5) is 4.79 Å². The van der Waals surface area contributed by atoms with Gasteiger partial charge in [-0.15, -0.1) is 0 Å². The van der Waals surface area contributed by atoms with Crippen LogP contribution in [0, 0.1) is 11.8 Å². The second kappa shape index (κ2) is 7.87. The van der Waals surface area contributed by atoms with E-state index in [1.165, 1.54) is 0 Å². The van der Waals surface area contributed by atoms with Gasteiger partial charge in [-0.05, 0) is 48.7 Å². The second-order valence-electron chi connectivity index (χ2n) is 6.53. The van der Waals surface area contributed by atoms with Crippen molar-refractivity contribution in [2.75, 3.05) is 0 Å². The van der Waals surface area contributed by atoms with Crippen molar-refractivity contribution in [3.63, 3.8) is 0 Å². The molecule has 1 amide bonds. The first-order chi connectivity index (χ1) is 14.1. The van der Waals surface area contributed by atoms with Gasteiger partial charge in [-0.25, -0.2) is 4.79 Å². The molecular formula is C23H17N3O3. The van der Waals surface area contributed by atoms with E-state index in [1.54, 1.807) is 13.1 Å². The van der Waals surface area contributed by atoms with Crippen LogP contribution < -0.4 is 5.32 Å². The molecule has 0 saturated heterocycles. The molecule has 2 aromatic carbocycles. The van der Waals surface area contributed by atoms with E-state index in [2.05, 4.69) is 33.4 Å². The number of aromatic nitrogens is 2. The molecule has 0 bridgehead atoms. The first-order valence-corrected chi connectivity index (χ1v) is 9.01. The van der Waals surface area contributed by atoms with Crippen molar-refractivity contribution >= 4 is 16.9 Å². The van der Waals surface area contributed by atoms with E-state index in [0.717, 1.165) is 33.2 Å². The molecular weight excluding hydrogens is 366 g/mol. The Morgan fingerprint density at radius 3 is 2.66 bits per heavy atom. The third-order valence-electron chi connectivity index (χ3n) is 4.39. The fraction of sp³-hybridized carbons (Fsp3) is 0.0870. The molecule has 0 unspecified atom stereocenters. The molecule has 142 valence electrons. The molecule has 0 aliphatic heterocycles. The minimum absolute atomic E-state index is 0.443. The number of rotatable bonds is 3. The van der Waals surface area contributed by atoms with Crippen LogP contribution in [0.2, 0.25) is 0 Å². The van der Waals surface area contributed by atoms with Crippen molar-refractivity contribution < 1.29 is 14.4 Å². The van der Waals surface area contributed by atoms with E-state index in [-0.39, 0.29) is 0 Å². The van der Waals surface area contributed by atoms with Crippen molar-refractivity contribution in [1.82, 2.24) is 15.5 Å². The summed E-state index contributed by atoms with van der Waals surface area (Å²) in [6.07, 6.45) is 2.51. The number of hydrogen-bond donors (Lipinski definition) is 2. The largest absolute Gasteiger partial charge is 0.465 e. The molecule has 2 N–H and O–H groups in total. The number of carbonyl (C=O) groups is 1. The average Bonchev–Trinajstić information content (AvgIpc) is 3.22. The number of nitrogens with one attached hydrogen (secondary N) is 1. The van der Waals surface area contributed by atoms with Crippen LogP contribution in [0.3, 0.4) is 0 Å².